The summed E-state index contributed by atoms with van der Waals surface area (Å²) in [6.07, 6.45) is 1.39. The fourth-order valence-electron chi connectivity index (χ4n) is 3.20. The minimum atomic E-state index is -0.187. The van der Waals surface area contributed by atoms with Crippen LogP contribution in [0.1, 0.15) is 30.9 Å². The second-order valence-electron chi connectivity index (χ2n) is 6.91. The van der Waals surface area contributed by atoms with E-state index in [2.05, 4.69) is 36.2 Å². The predicted octanol–water partition coefficient (Wildman–Crippen LogP) is 3.71. The Morgan fingerprint density at radius 2 is 1.96 bits per heavy atom. The Kier molecular flexibility index (Phi) is 6.71. The van der Waals surface area contributed by atoms with Crippen molar-refractivity contribution in [2.75, 3.05) is 19.6 Å². The van der Waals surface area contributed by atoms with Gasteiger partial charge in [-0.1, -0.05) is 30.3 Å². The fourth-order valence-corrected chi connectivity index (χ4v) is 3.20. The van der Waals surface area contributed by atoms with Gasteiger partial charge in [-0.3, -0.25) is 0 Å². The maximum atomic E-state index is 9.74. The summed E-state index contributed by atoms with van der Waals surface area (Å²) in [6.45, 7) is 7.15. The first-order valence-electron chi connectivity index (χ1n) is 9.69. The van der Waals surface area contributed by atoms with Crippen LogP contribution in [0.4, 0.5) is 0 Å². The molecule has 1 saturated heterocycles. The molecule has 0 aromatic heterocycles. The molecule has 144 valence electrons. The van der Waals surface area contributed by atoms with E-state index in [4.69, 9.17) is 9.73 Å². The van der Waals surface area contributed by atoms with Crippen molar-refractivity contribution in [3.8, 4) is 11.5 Å². The molecule has 0 unspecified atom stereocenters. The van der Waals surface area contributed by atoms with E-state index in [1.807, 2.05) is 36.4 Å². The van der Waals surface area contributed by atoms with Gasteiger partial charge in [-0.25, -0.2) is 4.99 Å². The second kappa shape index (κ2) is 9.42. The molecule has 0 saturated carbocycles. The van der Waals surface area contributed by atoms with Crippen molar-refractivity contribution in [2.24, 2.45) is 4.99 Å². The molecule has 0 aliphatic carbocycles. The molecule has 0 bridgehead atoms. The molecule has 0 radical (unpaired) electrons. The van der Waals surface area contributed by atoms with Crippen LogP contribution in [0.2, 0.25) is 0 Å². The molecule has 1 aliphatic rings. The van der Waals surface area contributed by atoms with Crippen LogP contribution in [0.15, 0.2) is 53.5 Å². The molecule has 5 nitrogen and oxygen atoms in total. The quantitative estimate of drug-likeness (QED) is 0.625. The number of para-hydroxylation sites is 1. The lowest BCUT2D eigenvalue weighted by Gasteiger charge is -2.32. The third-order valence-corrected chi connectivity index (χ3v) is 4.69. The lowest BCUT2D eigenvalue weighted by atomic mass is 10.1. The average Bonchev–Trinajstić information content (AvgIpc) is 2.67. The highest BCUT2D eigenvalue weighted by Crippen LogP contribution is 2.26. The standard InChI is InChI=1S/C22H29N3O2/c1-3-23-22(25-13-11-19(26)12-14-25)24-16-18-8-4-5-10-21(18)27-20-9-6-7-17(2)15-20/h4-10,15,19,26H,3,11-14,16H2,1-2H3,(H,23,24). The summed E-state index contributed by atoms with van der Waals surface area (Å²) in [7, 11) is 0. The van der Waals surface area contributed by atoms with Crippen LogP contribution in [0, 0.1) is 6.92 Å². The number of rotatable bonds is 5. The van der Waals surface area contributed by atoms with Crippen molar-refractivity contribution in [1.82, 2.24) is 10.2 Å². The molecular weight excluding hydrogens is 338 g/mol. The van der Waals surface area contributed by atoms with Crippen molar-refractivity contribution >= 4 is 5.96 Å². The number of ether oxygens (including phenoxy) is 1. The highest BCUT2D eigenvalue weighted by molar-refractivity contribution is 5.80. The van der Waals surface area contributed by atoms with Crippen molar-refractivity contribution < 1.29 is 9.84 Å². The predicted molar refractivity (Wildman–Crippen MR) is 109 cm³/mol. The lowest BCUT2D eigenvalue weighted by Crippen LogP contribution is -2.46. The first-order valence-corrected chi connectivity index (χ1v) is 9.69. The van der Waals surface area contributed by atoms with Crippen molar-refractivity contribution in [2.45, 2.75) is 39.3 Å². The van der Waals surface area contributed by atoms with Gasteiger partial charge in [-0.05, 0) is 50.5 Å². The Morgan fingerprint density at radius 1 is 1.19 bits per heavy atom. The summed E-state index contributed by atoms with van der Waals surface area (Å²) in [4.78, 5) is 7.04. The molecule has 0 spiro atoms. The Hall–Kier alpha value is -2.53. The molecule has 2 aromatic carbocycles. The van der Waals surface area contributed by atoms with Gasteiger partial charge < -0.3 is 20.1 Å². The first-order chi connectivity index (χ1) is 13.2. The van der Waals surface area contributed by atoms with Gasteiger partial charge in [0.25, 0.3) is 0 Å². The smallest absolute Gasteiger partial charge is 0.194 e. The number of hydrogen-bond donors (Lipinski definition) is 2. The zero-order valence-electron chi connectivity index (χ0n) is 16.2. The normalized spacial score (nSPS) is 15.7. The Balaban J connectivity index is 1.74. The summed E-state index contributed by atoms with van der Waals surface area (Å²) in [6, 6.07) is 16.1. The van der Waals surface area contributed by atoms with Gasteiger partial charge in [0, 0.05) is 25.2 Å². The highest BCUT2D eigenvalue weighted by Gasteiger charge is 2.19. The maximum Gasteiger partial charge on any atom is 0.194 e. The number of piperidine rings is 1. The van der Waals surface area contributed by atoms with Crippen LogP contribution < -0.4 is 10.1 Å². The van der Waals surface area contributed by atoms with E-state index in [1.165, 1.54) is 5.56 Å². The molecule has 1 fully saturated rings. The average molecular weight is 367 g/mol. The summed E-state index contributed by atoms with van der Waals surface area (Å²) < 4.78 is 6.11. The topological polar surface area (TPSA) is 57.1 Å². The van der Waals surface area contributed by atoms with Gasteiger partial charge in [0.2, 0.25) is 0 Å². The van der Waals surface area contributed by atoms with Gasteiger partial charge in [-0.15, -0.1) is 0 Å². The number of benzene rings is 2. The number of nitrogens with one attached hydrogen (secondary N) is 1. The SMILES string of the molecule is CCNC(=NCc1ccccc1Oc1cccc(C)c1)N1CCC(O)CC1. The second-order valence-corrected chi connectivity index (χ2v) is 6.91. The maximum absolute atomic E-state index is 9.74. The molecule has 3 rings (SSSR count). The zero-order valence-corrected chi connectivity index (χ0v) is 16.2. The number of aliphatic imine (C=N–C) groups is 1. The zero-order chi connectivity index (χ0) is 19.1. The van der Waals surface area contributed by atoms with E-state index in [0.717, 1.165) is 55.5 Å². The van der Waals surface area contributed by atoms with Crippen LogP contribution in [-0.4, -0.2) is 41.7 Å². The molecule has 5 heteroatoms. The lowest BCUT2D eigenvalue weighted by molar-refractivity contribution is 0.108. The Morgan fingerprint density at radius 3 is 2.70 bits per heavy atom. The Bertz CT molecular complexity index is 768. The molecule has 0 amide bonds. The summed E-state index contributed by atoms with van der Waals surface area (Å²) in [5, 5.41) is 13.1. The summed E-state index contributed by atoms with van der Waals surface area (Å²) in [5.41, 5.74) is 2.22. The highest BCUT2D eigenvalue weighted by atomic mass is 16.5. The van der Waals surface area contributed by atoms with Crippen LogP contribution >= 0.6 is 0 Å². The molecular formula is C22H29N3O2. The van der Waals surface area contributed by atoms with Gasteiger partial charge >= 0.3 is 0 Å². The van der Waals surface area contributed by atoms with Crippen molar-refractivity contribution in [3.05, 3.63) is 59.7 Å². The monoisotopic (exact) mass is 367 g/mol. The van der Waals surface area contributed by atoms with E-state index in [-0.39, 0.29) is 6.10 Å². The van der Waals surface area contributed by atoms with Crippen molar-refractivity contribution in [1.29, 1.82) is 0 Å². The van der Waals surface area contributed by atoms with E-state index < -0.39 is 0 Å². The molecule has 1 heterocycles. The van der Waals surface area contributed by atoms with E-state index in [1.54, 1.807) is 0 Å². The van der Waals surface area contributed by atoms with Crippen LogP contribution in [0.3, 0.4) is 0 Å². The molecule has 2 N–H and O–H groups in total. The minimum Gasteiger partial charge on any atom is -0.457 e. The summed E-state index contributed by atoms with van der Waals surface area (Å²) >= 11 is 0. The number of guanidine groups is 1. The molecule has 2 aromatic rings. The number of nitrogens with zero attached hydrogens (tertiary/aromatic N) is 2. The Labute approximate surface area is 161 Å². The number of aliphatic hydroxyl groups is 1. The van der Waals surface area contributed by atoms with E-state index >= 15 is 0 Å². The largest absolute Gasteiger partial charge is 0.457 e. The number of likely N-dealkylation sites (tertiary alicyclic amines) is 1. The van der Waals surface area contributed by atoms with Crippen LogP contribution in [0.5, 0.6) is 11.5 Å². The third kappa shape index (κ3) is 5.47. The first kappa shape index (κ1) is 19.2. The van der Waals surface area contributed by atoms with Gasteiger partial charge in [-0.2, -0.15) is 0 Å². The van der Waals surface area contributed by atoms with Crippen molar-refractivity contribution in [3.63, 3.8) is 0 Å². The van der Waals surface area contributed by atoms with E-state index in [9.17, 15) is 5.11 Å². The third-order valence-electron chi connectivity index (χ3n) is 4.69. The summed E-state index contributed by atoms with van der Waals surface area (Å²) in [5.74, 6) is 2.56. The van der Waals surface area contributed by atoms with E-state index in [0.29, 0.717) is 6.54 Å². The number of hydrogen-bond acceptors (Lipinski definition) is 3. The molecule has 0 atom stereocenters. The van der Waals surface area contributed by atoms with Gasteiger partial charge in [0.05, 0.1) is 12.6 Å². The van der Waals surface area contributed by atoms with Gasteiger partial charge in [0.1, 0.15) is 11.5 Å². The van der Waals surface area contributed by atoms with Gasteiger partial charge in [0.15, 0.2) is 5.96 Å². The van der Waals surface area contributed by atoms with Crippen LogP contribution in [-0.2, 0) is 6.54 Å². The molecule has 1 aliphatic heterocycles. The number of aliphatic hydroxyl groups excluding tert-OH is 1. The molecule has 27 heavy (non-hydrogen) atoms. The number of aryl methyl sites for hydroxylation is 1. The minimum absolute atomic E-state index is 0.187. The van der Waals surface area contributed by atoms with Crippen LogP contribution in [0.25, 0.3) is 0 Å². The fraction of sp³-hybridized carbons (Fsp3) is 0.409.